The fourth-order valence-corrected chi connectivity index (χ4v) is 2.48. The number of urea groups is 1. The summed E-state index contributed by atoms with van der Waals surface area (Å²) in [6, 6.07) is 0.378. The van der Waals surface area contributed by atoms with Gasteiger partial charge >= 0.3 is 6.03 Å². The first-order valence-corrected chi connectivity index (χ1v) is 6.17. The van der Waals surface area contributed by atoms with E-state index in [4.69, 9.17) is 5.73 Å². The van der Waals surface area contributed by atoms with Crippen molar-refractivity contribution in [2.45, 2.75) is 19.4 Å². The lowest BCUT2D eigenvalue weighted by Crippen LogP contribution is -2.37. The van der Waals surface area contributed by atoms with E-state index >= 15 is 0 Å². The molecule has 2 atom stereocenters. The summed E-state index contributed by atoms with van der Waals surface area (Å²) in [5.74, 6) is 0.632. The zero-order chi connectivity index (χ0) is 11.5. The van der Waals surface area contributed by atoms with Crippen molar-refractivity contribution in [3.05, 3.63) is 0 Å². The maximum absolute atomic E-state index is 11.3. The van der Waals surface area contributed by atoms with E-state index in [0.29, 0.717) is 12.0 Å². The van der Waals surface area contributed by atoms with Crippen LogP contribution in [-0.2, 0) is 0 Å². The molecule has 2 fully saturated rings. The zero-order valence-corrected chi connectivity index (χ0v) is 9.98. The van der Waals surface area contributed by atoms with Crippen LogP contribution in [0.25, 0.3) is 0 Å². The second-order valence-electron chi connectivity index (χ2n) is 4.93. The zero-order valence-electron chi connectivity index (χ0n) is 9.98. The summed E-state index contributed by atoms with van der Waals surface area (Å²) in [4.78, 5) is 15.6. The van der Waals surface area contributed by atoms with Gasteiger partial charge in [-0.15, -0.1) is 0 Å². The Morgan fingerprint density at radius 1 is 1.50 bits per heavy atom. The van der Waals surface area contributed by atoms with Gasteiger partial charge in [0, 0.05) is 38.8 Å². The lowest BCUT2D eigenvalue weighted by atomic mass is 10.0. The summed E-state index contributed by atoms with van der Waals surface area (Å²) in [5.41, 5.74) is 5.90. The number of carbonyl (C=O) groups is 1. The van der Waals surface area contributed by atoms with Crippen LogP contribution in [0.5, 0.6) is 0 Å². The van der Waals surface area contributed by atoms with Crippen LogP contribution in [0.1, 0.15) is 13.3 Å². The molecule has 0 aliphatic carbocycles. The van der Waals surface area contributed by atoms with Gasteiger partial charge < -0.3 is 20.9 Å². The van der Waals surface area contributed by atoms with Crippen molar-refractivity contribution in [2.75, 3.05) is 39.3 Å². The third-order valence-corrected chi connectivity index (χ3v) is 3.68. The summed E-state index contributed by atoms with van der Waals surface area (Å²) in [6.45, 7) is 7.77. The molecule has 2 aliphatic heterocycles. The molecule has 2 amide bonds. The summed E-state index contributed by atoms with van der Waals surface area (Å²) in [5, 5.41) is 2.82. The van der Waals surface area contributed by atoms with E-state index in [1.807, 2.05) is 4.90 Å². The van der Waals surface area contributed by atoms with Gasteiger partial charge in [0.05, 0.1) is 0 Å². The molecule has 2 saturated heterocycles. The van der Waals surface area contributed by atoms with Crippen LogP contribution < -0.4 is 11.1 Å². The van der Waals surface area contributed by atoms with Gasteiger partial charge in [-0.3, -0.25) is 0 Å². The van der Waals surface area contributed by atoms with Crippen LogP contribution in [0.3, 0.4) is 0 Å². The summed E-state index contributed by atoms with van der Waals surface area (Å²) >= 11 is 0. The van der Waals surface area contributed by atoms with Crippen molar-refractivity contribution in [3.63, 3.8) is 0 Å². The predicted octanol–water partition coefficient (Wildman–Crippen LogP) is -0.319. The highest BCUT2D eigenvalue weighted by atomic mass is 16.2. The van der Waals surface area contributed by atoms with E-state index in [1.165, 1.54) is 6.42 Å². The monoisotopic (exact) mass is 226 g/mol. The molecule has 2 rings (SSSR count). The van der Waals surface area contributed by atoms with Crippen LogP contribution in [-0.4, -0.2) is 61.1 Å². The quantitative estimate of drug-likeness (QED) is 0.690. The van der Waals surface area contributed by atoms with Crippen LogP contribution in [0.4, 0.5) is 4.79 Å². The van der Waals surface area contributed by atoms with Gasteiger partial charge in [-0.1, -0.05) is 0 Å². The van der Waals surface area contributed by atoms with E-state index in [1.54, 1.807) is 0 Å². The Balaban J connectivity index is 1.69. The van der Waals surface area contributed by atoms with E-state index in [-0.39, 0.29) is 6.03 Å². The smallest absolute Gasteiger partial charge is 0.317 e. The van der Waals surface area contributed by atoms with Gasteiger partial charge in [0.1, 0.15) is 0 Å². The third-order valence-electron chi connectivity index (χ3n) is 3.68. The molecule has 2 unspecified atom stereocenters. The number of amides is 2. The number of hydrogen-bond donors (Lipinski definition) is 2. The number of carbonyl (C=O) groups excluding carboxylic acids is 1. The molecule has 5 heteroatoms. The Hall–Kier alpha value is -0.810. The maximum atomic E-state index is 11.3. The lowest BCUT2D eigenvalue weighted by molar-refractivity contribution is 0.207. The van der Waals surface area contributed by atoms with Crippen LogP contribution in [0, 0.1) is 5.92 Å². The minimum absolute atomic E-state index is 0.0861. The minimum Gasteiger partial charge on any atom is -0.336 e. The van der Waals surface area contributed by atoms with Crippen LogP contribution in [0.15, 0.2) is 0 Å². The fraction of sp³-hybridized carbons (Fsp3) is 0.909. The maximum Gasteiger partial charge on any atom is 0.317 e. The molecular weight excluding hydrogens is 204 g/mol. The SMILES string of the molecule is CC(N)C1CCN(CCN2CCNC2=O)C1. The molecular formula is C11H22N4O. The highest BCUT2D eigenvalue weighted by Crippen LogP contribution is 2.18. The Labute approximate surface area is 96.9 Å². The molecule has 3 N–H and O–H groups in total. The molecule has 2 aliphatic rings. The molecule has 0 bridgehead atoms. The highest BCUT2D eigenvalue weighted by Gasteiger charge is 2.26. The number of rotatable bonds is 4. The first kappa shape index (κ1) is 11.7. The van der Waals surface area contributed by atoms with Crippen molar-refractivity contribution in [3.8, 4) is 0 Å². The van der Waals surface area contributed by atoms with Gasteiger partial charge in [0.25, 0.3) is 0 Å². The molecule has 0 saturated carbocycles. The second kappa shape index (κ2) is 5.01. The van der Waals surface area contributed by atoms with Gasteiger partial charge in [-0.05, 0) is 25.8 Å². The van der Waals surface area contributed by atoms with Gasteiger partial charge in [0.15, 0.2) is 0 Å². The fourth-order valence-electron chi connectivity index (χ4n) is 2.48. The molecule has 5 nitrogen and oxygen atoms in total. The number of hydrogen-bond acceptors (Lipinski definition) is 3. The molecule has 0 aromatic heterocycles. The number of nitrogens with zero attached hydrogens (tertiary/aromatic N) is 2. The molecule has 0 spiro atoms. The molecule has 0 aromatic carbocycles. The second-order valence-corrected chi connectivity index (χ2v) is 4.93. The van der Waals surface area contributed by atoms with Crippen molar-refractivity contribution in [1.82, 2.24) is 15.1 Å². The van der Waals surface area contributed by atoms with Gasteiger partial charge in [-0.25, -0.2) is 4.79 Å². The van der Waals surface area contributed by atoms with E-state index in [0.717, 1.165) is 39.3 Å². The summed E-state index contributed by atoms with van der Waals surface area (Å²) in [6.07, 6.45) is 1.20. The number of likely N-dealkylation sites (tertiary alicyclic amines) is 1. The number of nitrogens with two attached hydrogens (primary N) is 1. The molecule has 0 aromatic rings. The Morgan fingerprint density at radius 2 is 2.31 bits per heavy atom. The molecule has 92 valence electrons. The van der Waals surface area contributed by atoms with Crippen molar-refractivity contribution in [2.24, 2.45) is 11.7 Å². The predicted molar refractivity (Wildman–Crippen MR) is 63.2 cm³/mol. The topological polar surface area (TPSA) is 61.6 Å². The van der Waals surface area contributed by atoms with E-state index in [2.05, 4.69) is 17.1 Å². The van der Waals surface area contributed by atoms with E-state index < -0.39 is 0 Å². The largest absolute Gasteiger partial charge is 0.336 e. The van der Waals surface area contributed by atoms with Gasteiger partial charge in [0.2, 0.25) is 0 Å². The molecule has 16 heavy (non-hydrogen) atoms. The average molecular weight is 226 g/mol. The first-order chi connectivity index (χ1) is 7.66. The Morgan fingerprint density at radius 3 is 2.88 bits per heavy atom. The highest BCUT2D eigenvalue weighted by molar-refractivity contribution is 5.76. The average Bonchev–Trinajstić information content (AvgIpc) is 2.83. The summed E-state index contributed by atoms with van der Waals surface area (Å²) in [7, 11) is 0. The van der Waals surface area contributed by atoms with Crippen molar-refractivity contribution < 1.29 is 4.79 Å². The minimum atomic E-state index is 0.0861. The first-order valence-electron chi connectivity index (χ1n) is 6.17. The van der Waals surface area contributed by atoms with Crippen molar-refractivity contribution >= 4 is 6.03 Å². The number of nitrogens with one attached hydrogen (secondary N) is 1. The molecule has 0 radical (unpaired) electrons. The third kappa shape index (κ3) is 2.65. The standard InChI is InChI=1S/C11H22N4O/c1-9(12)10-2-4-14(8-10)6-7-15-5-3-13-11(15)16/h9-10H,2-8,12H2,1H3,(H,13,16). The van der Waals surface area contributed by atoms with Crippen LogP contribution >= 0.6 is 0 Å². The normalized spacial score (nSPS) is 28.5. The summed E-state index contributed by atoms with van der Waals surface area (Å²) < 4.78 is 0. The lowest BCUT2D eigenvalue weighted by Gasteiger charge is -2.21. The van der Waals surface area contributed by atoms with Crippen LogP contribution in [0.2, 0.25) is 0 Å². The molecule has 2 heterocycles. The van der Waals surface area contributed by atoms with Crippen molar-refractivity contribution in [1.29, 1.82) is 0 Å². The van der Waals surface area contributed by atoms with Gasteiger partial charge in [-0.2, -0.15) is 0 Å². The Bertz CT molecular complexity index is 256. The van der Waals surface area contributed by atoms with E-state index in [9.17, 15) is 4.79 Å². The Kier molecular flexibility index (Phi) is 3.66.